The van der Waals surface area contributed by atoms with Crippen LogP contribution in [0.1, 0.15) is 0 Å². The number of thioether (sulfide) groups is 1. The maximum Gasteiger partial charge on any atom is 0.154 e. The van der Waals surface area contributed by atoms with E-state index in [1.807, 2.05) is 0 Å². The van der Waals surface area contributed by atoms with Gasteiger partial charge in [0.25, 0.3) is 0 Å². The summed E-state index contributed by atoms with van der Waals surface area (Å²) in [5, 5.41) is 9.36. The summed E-state index contributed by atoms with van der Waals surface area (Å²) in [4.78, 5) is 0.732. The first kappa shape index (κ1) is 13.5. The SMILES string of the molecule is COc1ccc(N)c(SC2CS(=O)(=O)CC2O)c1. The fourth-order valence-electron chi connectivity index (χ4n) is 1.82. The minimum Gasteiger partial charge on any atom is -0.497 e. The van der Waals surface area contributed by atoms with Crippen molar-refractivity contribution in [3.8, 4) is 5.75 Å². The summed E-state index contributed by atoms with van der Waals surface area (Å²) in [6.45, 7) is 0. The van der Waals surface area contributed by atoms with Gasteiger partial charge < -0.3 is 15.6 Å². The van der Waals surface area contributed by atoms with Gasteiger partial charge in [0, 0.05) is 10.6 Å². The van der Waals surface area contributed by atoms with E-state index in [0.717, 1.165) is 4.90 Å². The lowest BCUT2D eigenvalue weighted by Gasteiger charge is -2.14. The Hall–Kier alpha value is -0.920. The molecule has 1 aliphatic heterocycles. The highest BCUT2D eigenvalue weighted by Crippen LogP contribution is 2.36. The molecule has 1 saturated heterocycles. The summed E-state index contributed by atoms with van der Waals surface area (Å²) in [6.07, 6.45) is -0.842. The molecule has 0 radical (unpaired) electrons. The van der Waals surface area contributed by atoms with Crippen LogP contribution < -0.4 is 10.5 Å². The average molecular weight is 289 g/mol. The smallest absolute Gasteiger partial charge is 0.154 e. The first-order valence-corrected chi connectivity index (χ1v) is 8.10. The molecule has 5 nitrogen and oxygen atoms in total. The maximum absolute atomic E-state index is 11.4. The fourth-order valence-corrected chi connectivity index (χ4v) is 5.41. The van der Waals surface area contributed by atoms with E-state index in [1.165, 1.54) is 11.8 Å². The van der Waals surface area contributed by atoms with Crippen LogP contribution in [0, 0.1) is 0 Å². The van der Waals surface area contributed by atoms with Crippen LogP contribution >= 0.6 is 11.8 Å². The molecule has 0 aliphatic carbocycles. The lowest BCUT2D eigenvalue weighted by atomic mass is 10.3. The Bertz CT molecular complexity index is 544. The predicted molar refractivity (Wildman–Crippen MR) is 71.7 cm³/mol. The van der Waals surface area contributed by atoms with Crippen LogP contribution in [0.25, 0.3) is 0 Å². The zero-order chi connectivity index (χ0) is 13.3. The van der Waals surface area contributed by atoms with Gasteiger partial charge in [0.15, 0.2) is 9.84 Å². The van der Waals surface area contributed by atoms with E-state index in [4.69, 9.17) is 10.5 Å². The number of nitrogen functional groups attached to an aromatic ring is 1. The van der Waals surface area contributed by atoms with Gasteiger partial charge in [-0.25, -0.2) is 8.42 Å². The number of aliphatic hydroxyl groups is 1. The highest BCUT2D eigenvalue weighted by molar-refractivity contribution is 8.02. The van der Waals surface area contributed by atoms with Gasteiger partial charge in [0.1, 0.15) is 5.75 Å². The van der Waals surface area contributed by atoms with Crippen LogP contribution in [0.3, 0.4) is 0 Å². The van der Waals surface area contributed by atoms with Crippen molar-refractivity contribution in [3.63, 3.8) is 0 Å². The summed E-state index contributed by atoms with van der Waals surface area (Å²) < 4.78 is 27.9. The third-order valence-corrected chi connectivity index (χ3v) is 6.09. The number of ether oxygens (including phenoxy) is 1. The molecule has 3 N–H and O–H groups in total. The van der Waals surface area contributed by atoms with E-state index < -0.39 is 15.9 Å². The number of methoxy groups -OCH3 is 1. The molecule has 1 fully saturated rings. The summed E-state index contributed by atoms with van der Waals surface area (Å²) in [5.41, 5.74) is 6.38. The van der Waals surface area contributed by atoms with Gasteiger partial charge >= 0.3 is 0 Å². The highest BCUT2D eigenvalue weighted by Gasteiger charge is 2.37. The summed E-state index contributed by atoms with van der Waals surface area (Å²) >= 11 is 1.28. The van der Waals surface area contributed by atoms with Crippen molar-refractivity contribution in [2.75, 3.05) is 24.3 Å². The number of anilines is 1. The largest absolute Gasteiger partial charge is 0.497 e. The topological polar surface area (TPSA) is 89.6 Å². The van der Waals surface area contributed by atoms with Gasteiger partial charge in [-0.1, -0.05) is 0 Å². The minimum atomic E-state index is -3.14. The molecule has 0 amide bonds. The highest BCUT2D eigenvalue weighted by atomic mass is 32.2. The van der Waals surface area contributed by atoms with E-state index in [-0.39, 0.29) is 16.8 Å². The van der Waals surface area contributed by atoms with Gasteiger partial charge in [0.05, 0.1) is 30.0 Å². The number of rotatable bonds is 3. The number of hydrogen-bond acceptors (Lipinski definition) is 6. The molecule has 2 rings (SSSR count). The lowest BCUT2D eigenvalue weighted by Crippen LogP contribution is -2.20. The Labute approximate surface area is 110 Å². The second kappa shape index (κ2) is 4.99. The van der Waals surface area contributed by atoms with Gasteiger partial charge in [-0.05, 0) is 18.2 Å². The second-order valence-electron chi connectivity index (χ2n) is 4.20. The summed E-state index contributed by atoms with van der Waals surface area (Å²) in [6, 6.07) is 5.19. The van der Waals surface area contributed by atoms with Crippen molar-refractivity contribution in [1.82, 2.24) is 0 Å². The van der Waals surface area contributed by atoms with Gasteiger partial charge in [-0.15, -0.1) is 11.8 Å². The summed E-state index contributed by atoms with van der Waals surface area (Å²) in [5.74, 6) is 0.464. The fraction of sp³-hybridized carbons (Fsp3) is 0.455. The Morgan fingerprint density at radius 1 is 1.44 bits per heavy atom. The van der Waals surface area contributed by atoms with Crippen molar-refractivity contribution < 1.29 is 18.3 Å². The zero-order valence-electron chi connectivity index (χ0n) is 9.87. The quantitative estimate of drug-likeness (QED) is 0.789. The first-order valence-electron chi connectivity index (χ1n) is 5.40. The number of hydrogen-bond donors (Lipinski definition) is 2. The van der Waals surface area contributed by atoms with Crippen LogP contribution in [0.4, 0.5) is 5.69 Å². The van der Waals surface area contributed by atoms with Crippen LogP contribution in [-0.2, 0) is 9.84 Å². The standard InChI is InChI=1S/C11H15NO4S2/c1-16-7-2-3-8(12)10(4-7)17-11-6-18(14,15)5-9(11)13/h2-4,9,11,13H,5-6,12H2,1H3. The molecule has 1 aliphatic rings. The minimum absolute atomic E-state index is 0.0184. The first-order chi connectivity index (χ1) is 8.41. The Balaban J connectivity index is 2.19. The predicted octanol–water partition coefficient (Wildman–Crippen LogP) is 0.527. The second-order valence-corrected chi connectivity index (χ2v) is 7.64. The van der Waals surface area contributed by atoms with E-state index in [0.29, 0.717) is 11.4 Å². The lowest BCUT2D eigenvalue weighted by molar-refractivity contribution is 0.207. The monoisotopic (exact) mass is 289 g/mol. The Kier molecular flexibility index (Phi) is 3.74. The number of sulfone groups is 1. The molecule has 100 valence electrons. The van der Waals surface area contributed by atoms with Crippen molar-refractivity contribution in [2.24, 2.45) is 0 Å². The molecule has 1 aromatic rings. The normalized spacial score (nSPS) is 26.1. The molecule has 7 heteroatoms. The van der Waals surface area contributed by atoms with Gasteiger partial charge in [0.2, 0.25) is 0 Å². The van der Waals surface area contributed by atoms with E-state index >= 15 is 0 Å². The Morgan fingerprint density at radius 2 is 2.17 bits per heavy atom. The third kappa shape index (κ3) is 2.90. The van der Waals surface area contributed by atoms with Gasteiger partial charge in [-0.3, -0.25) is 0 Å². The third-order valence-electron chi connectivity index (χ3n) is 2.77. The van der Waals surface area contributed by atoms with E-state index in [2.05, 4.69) is 0 Å². The molecule has 1 heterocycles. The van der Waals surface area contributed by atoms with Crippen molar-refractivity contribution in [2.45, 2.75) is 16.2 Å². The van der Waals surface area contributed by atoms with Crippen molar-refractivity contribution >= 4 is 27.3 Å². The molecule has 0 bridgehead atoms. The average Bonchev–Trinajstić information content (AvgIpc) is 2.55. The van der Waals surface area contributed by atoms with Crippen LogP contribution in [0.5, 0.6) is 5.75 Å². The molecule has 0 saturated carbocycles. The molecule has 0 spiro atoms. The molecular weight excluding hydrogens is 274 g/mol. The van der Waals surface area contributed by atoms with Crippen LogP contribution in [-0.4, -0.2) is 43.5 Å². The van der Waals surface area contributed by atoms with Gasteiger partial charge in [-0.2, -0.15) is 0 Å². The molecular formula is C11H15NO4S2. The number of benzene rings is 1. The zero-order valence-corrected chi connectivity index (χ0v) is 11.5. The van der Waals surface area contributed by atoms with Crippen molar-refractivity contribution in [1.29, 1.82) is 0 Å². The molecule has 2 atom stereocenters. The Morgan fingerprint density at radius 3 is 2.72 bits per heavy atom. The molecule has 18 heavy (non-hydrogen) atoms. The van der Waals surface area contributed by atoms with E-state index in [1.54, 1.807) is 25.3 Å². The number of aliphatic hydroxyl groups excluding tert-OH is 1. The summed E-state index contributed by atoms with van der Waals surface area (Å²) in [7, 11) is -1.59. The van der Waals surface area contributed by atoms with Crippen molar-refractivity contribution in [3.05, 3.63) is 18.2 Å². The maximum atomic E-state index is 11.4. The van der Waals surface area contributed by atoms with E-state index in [9.17, 15) is 13.5 Å². The molecule has 1 aromatic carbocycles. The molecule has 2 unspecified atom stereocenters. The number of nitrogens with two attached hydrogens (primary N) is 1. The van der Waals surface area contributed by atoms with Crippen LogP contribution in [0.15, 0.2) is 23.1 Å². The molecule has 0 aromatic heterocycles. The van der Waals surface area contributed by atoms with Crippen LogP contribution in [0.2, 0.25) is 0 Å².